The molecule has 136 valence electrons. The number of aryl methyl sites for hydroxylation is 1. The Morgan fingerprint density at radius 1 is 1.31 bits per heavy atom. The lowest BCUT2D eigenvalue weighted by molar-refractivity contribution is 0.0916. The van der Waals surface area contributed by atoms with E-state index in [2.05, 4.69) is 0 Å². The molecule has 1 heterocycles. The summed E-state index contributed by atoms with van der Waals surface area (Å²) in [7, 11) is 0. The van der Waals surface area contributed by atoms with Crippen LogP contribution in [-0.2, 0) is 6.42 Å². The van der Waals surface area contributed by atoms with E-state index < -0.39 is 23.3 Å². The normalized spacial score (nSPS) is 10.6. The number of ether oxygens (including phenoxy) is 1. The fourth-order valence-corrected chi connectivity index (χ4v) is 2.78. The molecule has 1 aromatic carbocycles. The van der Waals surface area contributed by atoms with Gasteiger partial charge in [0.2, 0.25) is 11.7 Å². The highest BCUT2D eigenvalue weighted by molar-refractivity contribution is 6.01. The van der Waals surface area contributed by atoms with Crippen LogP contribution in [0.25, 0.3) is 0 Å². The second kappa shape index (κ2) is 7.87. The van der Waals surface area contributed by atoms with Gasteiger partial charge < -0.3 is 9.84 Å². The standard InChI is InChI=1S/C20H22N2O4/c1-5-14-6-8-15(9-7-14)26-11-17(23)18-13(4)16(10-21)19(24)22(12(2)3)20(18)25/h6-9,12,25H,5,11H2,1-4H3. The van der Waals surface area contributed by atoms with Gasteiger partial charge in [-0.05, 0) is 50.5 Å². The van der Waals surface area contributed by atoms with Crippen molar-refractivity contribution in [3.05, 3.63) is 56.9 Å². The minimum Gasteiger partial charge on any atom is -0.494 e. The predicted octanol–water partition coefficient (Wildman–Crippen LogP) is 3.14. The monoisotopic (exact) mass is 354 g/mol. The molecule has 0 amide bonds. The highest BCUT2D eigenvalue weighted by atomic mass is 16.5. The van der Waals surface area contributed by atoms with E-state index in [0.29, 0.717) is 5.75 Å². The van der Waals surface area contributed by atoms with Gasteiger partial charge in [0.15, 0.2) is 6.61 Å². The largest absolute Gasteiger partial charge is 0.494 e. The summed E-state index contributed by atoms with van der Waals surface area (Å²) < 4.78 is 6.56. The molecule has 0 unspecified atom stereocenters. The van der Waals surface area contributed by atoms with Crippen LogP contribution < -0.4 is 10.3 Å². The first kappa shape index (κ1) is 19.3. The summed E-state index contributed by atoms with van der Waals surface area (Å²) in [6, 6.07) is 8.80. The zero-order chi connectivity index (χ0) is 19.4. The molecule has 0 radical (unpaired) electrons. The summed E-state index contributed by atoms with van der Waals surface area (Å²) in [6.45, 7) is 6.60. The molecule has 2 aromatic rings. The number of ketones is 1. The number of hydrogen-bond donors (Lipinski definition) is 1. The molecule has 2 rings (SSSR count). The van der Waals surface area contributed by atoms with Crippen molar-refractivity contribution in [2.45, 2.75) is 40.2 Å². The molecule has 6 nitrogen and oxygen atoms in total. The maximum Gasteiger partial charge on any atom is 0.271 e. The van der Waals surface area contributed by atoms with E-state index in [1.807, 2.05) is 25.1 Å². The zero-order valence-electron chi connectivity index (χ0n) is 15.4. The summed E-state index contributed by atoms with van der Waals surface area (Å²) in [5.74, 6) is -0.396. The zero-order valence-corrected chi connectivity index (χ0v) is 15.4. The van der Waals surface area contributed by atoms with E-state index >= 15 is 0 Å². The van der Waals surface area contributed by atoms with Gasteiger partial charge in [-0.2, -0.15) is 5.26 Å². The Bertz CT molecular complexity index is 919. The molecule has 0 aliphatic heterocycles. The molecule has 6 heteroatoms. The number of carbonyl (C=O) groups excluding carboxylic acids is 1. The van der Waals surface area contributed by atoms with Crippen molar-refractivity contribution in [2.24, 2.45) is 0 Å². The number of carbonyl (C=O) groups is 1. The van der Waals surface area contributed by atoms with Gasteiger partial charge in [0, 0.05) is 6.04 Å². The molecule has 0 bridgehead atoms. The topological polar surface area (TPSA) is 92.3 Å². The molecule has 26 heavy (non-hydrogen) atoms. The van der Waals surface area contributed by atoms with Gasteiger partial charge in [0.05, 0.1) is 5.56 Å². The summed E-state index contributed by atoms with van der Waals surface area (Å²) in [5.41, 5.74) is 0.513. The average Bonchev–Trinajstić information content (AvgIpc) is 2.60. The van der Waals surface area contributed by atoms with Gasteiger partial charge in [-0.25, -0.2) is 0 Å². The maximum absolute atomic E-state index is 12.6. The molecule has 0 spiro atoms. The highest BCUT2D eigenvalue weighted by Gasteiger charge is 2.25. The molecule has 0 aliphatic rings. The van der Waals surface area contributed by atoms with Gasteiger partial charge in [-0.3, -0.25) is 14.2 Å². The lowest BCUT2D eigenvalue weighted by Gasteiger charge is -2.18. The summed E-state index contributed by atoms with van der Waals surface area (Å²) in [5, 5.41) is 19.7. The van der Waals surface area contributed by atoms with Gasteiger partial charge in [-0.15, -0.1) is 0 Å². The number of aromatic nitrogens is 1. The van der Waals surface area contributed by atoms with Crippen LogP contribution in [0.1, 0.15) is 53.9 Å². The number of benzene rings is 1. The quantitative estimate of drug-likeness (QED) is 0.805. The molecular weight excluding hydrogens is 332 g/mol. The van der Waals surface area contributed by atoms with Gasteiger partial charge in [0.25, 0.3) is 5.56 Å². The van der Waals surface area contributed by atoms with Crippen LogP contribution in [-0.4, -0.2) is 22.1 Å². The molecule has 0 saturated heterocycles. The van der Waals surface area contributed by atoms with Crippen molar-refractivity contribution in [1.82, 2.24) is 4.57 Å². The summed E-state index contributed by atoms with van der Waals surface area (Å²) >= 11 is 0. The fraction of sp³-hybridized carbons (Fsp3) is 0.350. The van der Waals surface area contributed by atoms with E-state index in [0.717, 1.165) is 16.6 Å². The van der Waals surface area contributed by atoms with Gasteiger partial charge in [-0.1, -0.05) is 19.1 Å². The first-order chi connectivity index (χ1) is 12.3. The Hall–Kier alpha value is -3.07. The van der Waals surface area contributed by atoms with Crippen molar-refractivity contribution < 1.29 is 14.6 Å². The lowest BCUT2D eigenvalue weighted by Crippen LogP contribution is -2.28. The number of nitriles is 1. The Morgan fingerprint density at radius 2 is 1.92 bits per heavy atom. The minimum atomic E-state index is -0.606. The van der Waals surface area contributed by atoms with Crippen molar-refractivity contribution in [2.75, 3.05) is 6.61 Å². The Kier molecular flexibility index (Phi) is 5.83. The molecule has 1 aromatic heterocycles. The Labute approximate surface area is 152 Å². The van der Waals surface area contributed by atoms with Crippen LogP contribution in [0.4, 0.5) is 0 Å². The molecule has 0 aliphatic carbocycles. The predicted molar refractivity (Wildman–Crippen MR) is 97.8 cm³/mol. The Morgan fingerprint density at radius 3 is 2.42 bits per heavy atom. The number of hydrogen-bond acceptors (Lipinski definition) is 5. The lowest BCUT2D eigenvalue weighted by atomic mass is 10.0. The van der Waals surface area contributed by atoms with E-state index in [1.54, 1.807) is 26.0 Å². The van der Waals surface area contributed by atoms with E-state index in [4.69, 9.17) is 4.74 Å². The van der Waals surface area contributed by atoms with Crippen LogP contribution in [0.2, 0.25) is 0 Å². The van der Waals surface area contributed by atoms with Crippen LogP contribution in [0.15, 0.2) is 29.1 Å². The Balaban J connectivity index is 2.37. The van der Waals surface area contributed by atoms with Crippen LogP contribution >= 0.6 is 0 Å². The molecule has 0 fully saturated rings. The van der Waals surface area contributed by atoms with Gasteiger partial charge >= 0.3 is 0 Å². The molecule has 0 atom stereocenters. The first-order valence-corrected chi connectivity index (χ1v) is 8.44. The SMILES string of the molecule is CCc1ccc(OCC(=O)c2c(C)c(C#N)c(=O)n(C(C)C)c2O)cc1. The van der Waals surface area contributed by atoms with E-state index in [9.17, 15) is 20.0 Å². The van der Waals surface area contributed by atoms with Crippen molar-refractivity contribution >= 4 is 5.78 Å². The number of rotatable bonds is 6. The van der Waals surface area contributed by atoms with Crippen molar-refractivity contribution in [3.63, 3.8) is 0 Å². The van der Waals surface area contributed by atoms with Crippen molar-refractivity contribution in [3.8, 4) is 17.7 Å². The minimum absolute atomic E-state index is 0.0555. The molecule has 0 saturated carbocycles. The number of pyridine rings is 1. The second-order valence-electron chi connectivity index (χ2n) is 6.29. The van der Waals surface area contributed by atoms with Gasteiger partial charge in [0.1, 0.15) is 17.4 Å². The highest BCUT2D eigenvalue weighted by Crippen LogP contribution is 2.25. The third-order valence-corrected chi connectivity index (χ3v) is 4.24. The van der Waals surface area contributed by atoms with Crippen LogP contribution in [0, 0.1) is 18.3 Å². The van der Waals surface area contributed by atoms with Crippen molar-refractivity contribution in [1.29, 1.82) is 5.26 Å². The van der Waals surface area contributed by atoms with E-state index in [-0.39, 0.29) is 23.3 Å². The number of aromatic hydroxyl groups is 1. The maximum atomic E-state index is 12.6. The smallest absolute Gasteiger partial charge is 0.271 e. The summed E-state index contributed by atoms with van der Waals surface area (Å²) in [4.78, 5) is 25.0. The van der Waals surface area contributed by atoms with Crippen LogP contribution in [0.5, 0.6) is 11.6 Å². The van der Waals surface area contributed by atoms with E-state index in [1.165, 1.54) is 6.92 Å². The fourth-order valence-electron chi connectivity index (χ4n) is 2.78. The molecular formula is C20H22N2O4. The first-order valence-electron chi connectivity index (χ1n) is 8.44. The number of nitrogens with zero attached hydrogens (tertiary/aromatic N) is 2. The third-order valence-electron chi connectivity index (χ3n) is 4.24. The number of Topliss-reactive ketones (excluding diaryl/α,β-unsaturated/α-hetero) is 1. The summed E-state index contributed by atoms with van der Waals surface area (Å²) in [6.07, 6.45) is 0.903. The second-order valence-corrected chi connectivity index (χ2v) is 6.29. The molecule has 1 N–H and O–H groups in total. The third kappa shape index (κ3) is 3.62. The van der Waals surface area contributed by atoms with Crippen LogP contribution in [0.3, 0.4) is 0 Å². The average molecular weight is 354 g/mol.